The van der Waals surface area contributed by atoms with Gasteiger partial charge < -0.3 is 0 Å². The highest BCUT2D eigenvalue weighted by atomic mass is 28.3. The Morgan fingerprint density at radius 1 is 0.933 bits per heavy atom. The van der Waals surface area contributed by atoms with Crippen LogP contribution in [0.25, 0.3) is 0 Å². The molecular weight excluding hydrogens is 196 g/mol. The van der Waals surface area contributed by atoms with Gasteiger partial charge in [0.25, 0.3) is 0 Å². The second-order valence-corrected chi connectivity index (χ2v) is 8.04. The van der Waals surface area contributed by atoms with Gasteiger partial charge in [-0.05, 0) is 24.9 Å². The lowest BCUT2D eigenvalue weighted by atomic mass is 10.3. The molecule has 0 aliphatic carbocycles. The summed E-state index contributed by atoms with van der Waals surface area (Å²) in [7, 11) is -1.48. The Labute approximate surface area is 95.5 Å². The zero-order valence-corrected chi connectivity index (χ0v) is 10.5. The molecule has 0 unspecified atom stereocenters. The van der Waals surface area contributed by atoms with Gasteiger partial charge in [-0.1, -0.05) is 11.4 Å². The Balaban J connectivity index is 4.19. The fourth-order valence-electron chi connectivity index (χ4n) is 1.66. The van der Waals surface area contributed by atoms with E-state index in [9.17, 15) is 0 Å². The van der Waals surface area contributed by atoms with Crippen molar-refractivity contribution in [2.75, 3.05) is 0 Å². The van der Waals surface area contributed by atoms with Gasteiger partial charge in [0.1, 0.15) is 8.07 Å². The summed E-state index contributed by atoms with van der Waals surface area (Å²) in [6.07, 6.45) is 14.4. The van der Waals surface area contributed by atoms with Crippen LogP contribution >= 0.6 is 0 Å². The smallest absolute Gasteiger partial charge is 0.100 e. The first-order valence-electron chi connectivity index (χ1n) is 5.39. The van der Waals surface area contributed by atoms with Crippen molar-refractivity contribution in [3.8, 4) is 24.7 Å². The summed E-state index contributed by atoms with van der Waals surface area (Å²) in [5.41, 5.74) is 4.24. The van der Waals surface area contributed by atoms with Crippen LogP contribution in [0.15, 0.2) is 24.6 Å². The van der Waals surface area contributed by atoms with Gasteiger partial charge in [0, 0.05) is 12.8 Å². The average molecular weight is 216 g/mol. The maximum atomic E-state index is 5.25. The second-order valence-electron chi connectivity index (χ2n) is 3.76. The molecule has 0 rings (SSSR count). The van der Waals surface area contributed by atoms with Gasteiger partial charge in [-0.3, -0.25) is 0 Å². The molecular formula is C14H20Si. The molecule has 80 valence electrons. The van der Waals surface area contributed by atoms with Gasteiger partial charge in [0.15, 0.2) is 0 Å². The van der Waals surface area contributed by atoms with Crippen molar-refractivity contribution < 1.29 is 0 Å². The third-order valence-electron chi connectivity index (χ3n) is 2.74. The van der Waals surface area contributed by atoms with E-state index in [1.54, 1.807) is 0 Å². The number of rotatable bonds is 8. The van der Waals surface area contributed by atoms with Gasteiger partial charge in [-0.25, -0.2) is 0 Å². The Hall–Kier alpha value is -1.18. The van der Waals surface area contributed by atoms with Crippen LogP contribution in [0.1, 0.15) is 25.7 Å². The quantitative estimate of drug-likeness (QED) is 0.330. The summed E-state index contributed by atoms with van der Waals surface area (Å²) in [6.45, 7) is 7.90. The Kier molecular flexibility index (Phi) is 7.51. The predicted octanol–water partition coefficient (Wildman–Crippen LogP) is 3.71. The highest BCUT2D eigenvalue weighted by Gasteiger charge is 2.23. The fraction of sp³-hybridized carbons (Fsp3) is 0.429. The zero-order valence-electron chi connectivity index (χ0n) is 9.47. The largest absolute Gasteiger partial charge is 0.120 e. The third kappa shape index (κ3) is 5.30. The minimum atomic E-state index is -1.48. The van der Waals surface area contributed by atoms with Crippen molar-refractivity contribution in [3.05, 3.63) is 24.6 Å². The topological polar surface area (TPSA) is 0 Å². The molecule has 0 spiro atoms. The van der Waals surface area contributed by atoms with Crippen molar-refractivity contribution >= 4 is 8.07 Å². The molecule has 0 aromatic heterocycles. The molecule has 0 N–H and O–H groups in total. The first-order valence-corrected chi connectivity index (χ1v) is 7.95. The van der Waals surface area contributed by atoms with Crippen molar-refractivity contribution in [1.82, 2.24) is 0 Å². The molecule has 0 saturated carbocycles. The highest BCUT2D eigenvalue weighted by molar-refractivity contribution is 6.88. The normalized spacial score (nSPS) is 10.0. The van der Waals surface area contributed by atoms with Crippen LogP contribution in [0.3, 0.4) is 0 Å². The van der Waals surface area contributed by atoms with E-state index < -0.39 is 8.07 Å². The molecule has 1 heteroatoms. The van der Waals surface area contributed by atoms with Crippen LogP contribution in [0, 0.1) is 24.7 Å². The van der Waals surface area contributed by atoms with Crippen molar-refractivity contribution in [3.63, 3.8) is 0 Å². The molecule has 0 saturated heterocycles. The zero-order chi connectivity index (χ0) is 11.6. The van der Waals surface area contributed by atoms with Crippen LogP contribution in [-0.2, 0) is 0 Å². The van der Waals surface area contributed by atoms with Crippen LogP contribution in [-0.4, -0.2) is 8.07 Å². The molecule has 0 aromatic carbocycles. The average Bonchev–Trinajstić information content (AvgIpc) is 2.28. The van der Waals surface area contributed by atoms with Gasteiger partial charge >= 0.3 is 0 Å². The van der Waals surface area contributed by atoms with E-state index in [4.69, 9.17) is 12.8 Å². The number of unbranched alkanes of at least 4 members (excludes halogenated alkanes) is 2. The van der Waals surface area contributed by atoms with Crippen molar-refractivity contribution in [2.24, 2.45) is 0 Å². The standard InChI is InChI=1S/C14H20Si/c1-5-9-11-13-15(7-3,8-4)14-12-10-6-2/h1-2,7-8H,3-4,9-14H2. The number of hydrogen-bond donors (Lipinski definition) is 0. The van der Waals surface area contributed by atoms with E-state index in [0.29, 0.717) is 0 Å². The monoisotopic (exact) mass is 216 g/mol. The summed E-state index contributed by atoms with van der Waals surface area (Å²) in [6, 6.07) is 2.32. The second kappa shape index (κ2) is 8.15. The summed E-state index contributed by atoms with van der Waals surface area (Å²) < 4.78 is 0. The first kappa shape index (κ1) is 13.8. The van der Waals surface area contributed by atoms with Crippen LogP contribution in [0.2, 0.25) is 12.1 Å². The van der Waals surface area contributed by atoms with Gasteiger partial charge in [0.05, 0.1) is 0 Å². The minimum Gasteiger partial charge on any atom is -0.120 e. The molecule has 0 atom stereocenters. The summed E-state index contributed by atoms with van der Waals surface area (Å²) in [5, 5.41) is 0. The van der Waals surface area contributed by atoms with E-state index in [1.807, 2.05) is 0 Å². The third-order valence-corrected chi connectivity index (χ3v) is 6.93. The molecule has 0 fully saturated rings. The van der Waals surface area contributed by atoms with Crippen molar-refractivity contribution in [1.29, 1.82) is 0 Å². The van der Waals surface area contributed by atoms with E-state index in [0.717, 1.165) is 37.8 Å². The van der Waals surface area contributed by atoms with Gasteiger partial charge in [0.2, 0.25) is 0 Å². The molecule has 0 aromatic rings. The van der Waals surface area contributed by atoms with Crippen LogP contribution in [0.5, 0.6) is 0 Å². The Bertz CT molecular complexity index is 245. The molecule has 0 nitrogen and oxygen atoms in total. The molecule has 0 amide bonds. The number of terminal acetylenes is 2. The Morgan fingerprint density at radius 2 is 1.33 bits per heavy atom. The van der Waals surface area contributed by atoms with E-state index in [1.165, 1.54) is 0 Å². The number of hydrogen-bond acceptors (Lipinski definition) is 0. The maximum absolute atomic E-state index is 5.25. The van der Waals surface area contributed by atoms with E-state index in [-0.39, 0.29) is 0 Å². The Morgan fingerprint density at radius 3 is 1.60 bits per heavy atom. The van der Waals surface area contributed by atoms with E-state index in [2.05, 4.69) is 36.4 Å². The molecule has 15 heavy (non-hydrogen) atoms. The highest BCUT2D eigenvalue weighted by Crippen LogP contribution is 2.23. The molecule has 0 aliphatic rings. The van der Waals surface area contributed by atoms with Crippen LogP contribution in [0.4, 0.5) is 0 Å². The van der Waals surface area contributed by atoms with Crippen LogP contribution < -0.4 is 0 Å². The first-order chi connectivity index (χ1) is 7.24. The summed E-state index contributed by atoms with van der Waals surface area (Å²) in [5.74, 6) is 5.35. The molecule has 0 radical (unpaired) electrons. The minimum absolute atomic E-state index is 0.853. The molecule has 0 heterocycles. The SMILES string of the molecule is C#CCCC[Si](C=C)(C=C)CCCC#C. The lowest BCUT2D eigenvalue weighted by Gasteiger charge is -2.23. The molecule has 0 bridgehead atoms. The molecule has 0 aliphatic heterocycles. The lowest BCUT2D eigenvalue weighted by Crippen LogP contribution is -2.28. The van der Waals surface area contributed by atoms with Gasteiger partial charge in [-0.2, -0.15) is 0 Å². The predicted molar refractivity (Wildman–Crippen MR) is 71.9 cm³/mol. The fourth-order valence-corrected chi connectivity index (χ4v) is 4.56. The van der Waals surface area contributed by atoms with E-state index >= 15 is 0 Å². The summed E-state index contributed by atoms with van der Waals surface area (Å²) in [4.78, 5) is 0. The van der Waals surface area contributed by atoms with Crippen molar-refractivity contribution in [2.45, 2.75) is 37.8 Å². The summed E-state index contributed by atoms with van der Waals surface area (Å²) >= 11 is 0. The maximum Gasteiger partial charge on any atom is 0.100 e. The van der Waals surface area contributed by atoms with Gasteiger partial charge in [-0.15, -0.1) is 37.8 Å². The lowest BCUT2D eigenvalue weighted by molar-refractivity contribution is 0.915.